The fourth-order valence-corrected chi connectivity index (χ4v) is 3.42. The lowest BCUT2D eigenvalue weighted by molar-refractivity contribution is -0.161. The number of hydrogen-bond donors (Lipinski definition) is 1. The fraction of sp³-hybridized carbons (Fsp3) is 0.412. The normalized spacial score (nSPS) is 27.0. The Balaban J connectivity index is 1.53. The number of cyclic esters (lactones) is 1. The number of imide groups is 1. The maximum absolute atomic E-state index is 13.0. The summed E-state index contributed by atoms with van der Waals surface area (Å²) in [7, 11) is 0. The van der Waals surface area contributed by atoms with Gasteiger partial charge >= 0.3 is 18.0 Å². The summed E-state index contributed by atoms with van der Waals surface area (Å²) in [5, 5.41) is 2.69. The third kappa shape index (κ3) is 2.47. The van der Waals surface area contributed by atoms with E-state index in [1.54, 1.807) is 24.3 Å². The summed E-state index contributed by atoms with van der Waals surface area (Å²) in [5.41, 5.74) is -0.696. The predicted octanol–water partition coefficient (Wildman–Crippen LogP) is 0.0749. The molecule has 3 heterocycles. The molecule has 4 rings (SSSR count). The first-order chi connectivity index (χ1) is 12.5. The second-order valence-corrected chi connectivity index (χ2v) is 6.26. The fourth-order valence-electron chi connectivity index (χ4n) is 3.42. The van der Waals surface area contributed by atoms with Crippen molar-refractivity contribution >= 4 is 23.9 Å². The van der Waals surface area contributed by atoms with Crippen LogP contribution in [0.3, 0.4) is 0 Å². The maximum Gasteiger partial charge on any atom is 0.347 e. The molecule has 26 heavy (non-hydrogen) atoms. The van der Waals surface area contributed by atoms with Crippen molar-refractivity contribution < 1.29 is 33.4 Å². The molecule has 136 valence electrons. The van der Waals surface area contributed by atoms with Gasteiger partial charge in [-0.05, 0) is 6.07 Å². The number of amides is 3. The van der Waals surface area contributed by atoms with Crippen LogP contribution in [0.2, 0.25) is 0 Å². The van der Waals surface area contributed by atoms with E-state index >= 15 is 0 Å². The molecule has 9 nitrogen and oxygen atoms in total. The van der Waals surface area contributed by atoms with Crippen LogP contribution < -0.4 is 10.1 Å². The van der Waals surface area contributed by atoms with Crippen molar-refractivity contribution in [3.63, 3.8) is 0 Å². The standard InChI is InChI=1S/C17H16N2O7/c20-13(26-12-5-7-25-14(12)21)9-19-15(22)17(18-16(19)23)6-8-24-11-4-2-1-3-10(11)17/h1-4,12H,5-9H2,(H,18,23)/t12-,17-/m0/s1. The third-order valence-corrected chi connectivity index (χ3v) is 4.71. The second-order valence-electron chi connectivity index (χ2n) is 6.26. The smallest absolute Gasteiger partial charge is 0.347 e. The first-order valence-electron chi connectivity index (χ1n) is 8.24. The van der Waals surface area contributed by atoms with Gasteiger partial charge in [0, 0.05) is 18.4 Å². The Morgan fingerprint density at radius 1 is 1.23 bits per heavy atom. The molecule has 0 unspecified atom stereocenters. The first-order valence-corrected chi connectivity index (χ1v) is 8.24. The Labute approximate surface area is 148 Å². The van der Waals surface area contributed by atoms with Gasteiger partial charge in [0.05, 0.1) is 13.2 Å². The lowest BCUT2D eigenvalue weighted by Crippen LogP contribution is -2.47. The summed E-state index contributed by atoms with van der Waals surface area (Å²) in [6, 6.07) is 6.27. The van der Waals surface area contributed by atoms with E-state index in [0.29, 0.717) is 11.3 Å². The van der Waals surface area contributed by atoms with Crippen molar-refractivity contribution in [3.05, 3.63) is 29.8 Å². The zero-order chi connectivity index (χ0) is 18.3. The third-order valence-electron chi connectivity index (χ3n) is 4.71. The van der Waals surface area contributed by atoms with Crippen LogP contribution in [0.4, 0.5) is 4.79 Å². The number of urea groups is 1. The summed E-state index contributed by atoms with van der Waals surface area (Å²) in [6.45, 7) is -0.131. The summed E-state index contributed by atoms with van der Waals surface area (Å²) in [6.07, 6.45) is -0.463. The number of nitrogens with one attached hydrogen (secondary N) is 1. The quantitative estimate of drug-likeness (QED) is 0.600. The molecule has 0 aromatic heterocycles. The molecule has 3 aliphatic rings. The summed E-state index contributed by atoms with van der Waals surface area (Å²) >= 11 is 0. The van der Waals surface area contributed by atoms with Gasteiger partial charge in [-0.2, -0.15) is 0 Å². The zero-order valence-corrected chi connectivity index (χ0v) is 13.7. The van der Waals surface area contributed by atoms with Gasteiger partial charge in [-0.3, -0.25) is 14.5 Å². The average molecular weight is 360 g/mol. The Hall–Kier alpha value is -3.10. The molecule has 3 amide bonds. The minimum absolute atomic E-state index is 0.180. The molecule has 1 aromatic carbocycles. The van der Waals surface area contributed by atoms with Crippen LogP contribution in [0.25, 0.3) is 0 Å². The molecule has 1 aromatic rings. The summed E-state index contributed by atoms with van der Waals surface area (Å²) in [5.74, 6) is -1.48. The van der Waals surface area contributed by atoms with Crippen LogP contribution in [0, 0.1) is 0 Å². The molecule has 0 aliphatic carbocycles. The molecule has 3 aliphatic heterocycles. The molecule has 0 saturated carbocycles. The monoisotopic (exact) mass is 360 g/mol. The number of ether oxygens (including phenoxy) is 3. The van der Waals surface area contributed by atoms with Crippen molar-refractivity contribution in [2.45, 2.75) is 24.5 Å². The van der Waals surface area contributed by atoms with Crippen LogP contribution in [0.1, 0.15) is 18.4 Å². The molecular formula is C17H16N2O7. The Morgan fingerprint density at radius 2 is 2.04 bits per heavy atom. The van der Waals surface area contributed by atoms with Gasteiger partial charge in [0.15, 0.2) is 5.54 Å². The Kier molecular flexibility index (Phi) is 3.78. The second kappa shape index (κ2) is 6.01. The van der Waals surface area contributed by atoms with E-state index in [-0.39, 0.29) is 26.1 Å². The molecule has 2 atom stereocenters. The van der Waals surface area contributed by atoms with Gasteiger partial charge in [0.1, 0.15) is 12.3 Å². The number of carbonyl (C=O) groups is 4. The number of benzene rings is 1. The lowest BCUT2D eigenvalue weighted by Gasteiger charge is -2.33. The van der Waals surface area contributed by atoms with Crippen molar-refractivity contribution in [3.8, 4) is 5.75 Å². The van der Waals surface area contributed by atoms with E-state index in [1.807, 2.05) is 0 Å². The largest absolute Gasteiger partial charge is 0.493 e. The number of fused-ring (bicyclic) bond motifs is 2. The van der Waals surface area contributed by atoms with E-state index in [4.69, 9.17) is 14.2 Å². The predicted molar refractivity (Wildman–Crippen MR) is 83.9 cm³/mol. The highest BCUT2D eigenvalue weighted by Crippen LogP contribution is 2.40. The molecule has 1 N–H and O–H groups in total. The summed E-state index contributed by atoms with van der Waals surface area (Å²) in [4.78, 5) is 49.6. The zero-order valence-electron chi connectivity index (χ0n) is 13.7. The van der Waals surface area contributed by atoms with Crippen LogP contribution in [-0.2, 0) is 29.4 Å². The topological polar surface area (TPSA) is 111 Å². The van der Waals surface area contributed by atoms with Crippen molar-refractivity contribution in [1.29, 1.82) is 0 Å². The maximum atomic E-state index is 13.0. The Bertz CT molecular complexity index is 808. The molecule has 2 saturated heterocycles. The number of para-hydroxylation sites is 1. The molecule has 1 spiro atoms. The van der Waals surface area contributed by atoms with Crippen molar-refractivity contribution in [2.75, 3.05) is 19.8 Å². The highest BCUT2D eigenvalue weighted by molar-refractivity contribution is 6.09. The molecule has 0 radical (unpaired) electrons. The van der Waals surface area contributed by atoms with Gasteiger partial charge in [0.2, 0.25) is 6.10 Å². The first kappa shape index (κ1) is 16.4. The van der Waals surface area contributed by atoms with Gasteiger partial charge in [-0.1, -0.05) is 18.2 Å². The highest BCUT2D eigenvalue weighted by atomic mass is 16.6. The number of nitrogens with zero attached hydrogens (tertiary/aromatic N) is 1. The minimum atomic E-state index is -1.25. The SMILES string of the molecule is O=C(CN1C(=O)N[C@]2(CCOc3ccccc32)C1=O)O[C@H]1CCOC1=O. The van der Waals surface area contributed by atoms with Gasteiger partial charge in [-0.25, -0.2) is 9.59 Å². The highest BCUT2D eigenvalue weighted by Gasteiger charge is 2.55. The molecule has 9 heteroatoms. The van der Waals surface area contributed by atoms with Gasteiger partial charge < -0.3 is 19.5 Å². The van der Waals surface area contributed by atoms with Crippen molar-refractivity contribution in [1.82, 2.24) is 10.2 Å². The van der Waals surface area contributed by atoms with Crippen molar-refractivity contribution in [2.24, 2.45) is 0 Å². The summed E-state index contributed by atoms with van der Waals surface area (Å²) < 4.78 is 15.3. The van der Waals surface area contributed by atoms with Crippen LogP contribution >= 0.6 is 0 Å². The number of carbonyl (C=O) groups excluding carboxylic acids is 4. The minimum Gasteiger partial charge on any atom is -0.493 e. The average Bonchev–Trinajstić information content (AvgIpc) is 3.12. The van der Waals surface area contributed by atoms with Crippen LogP contribution in [-0.4, -0.2) is 54.6 Å². The molecular weight excluding hydrogens is 344 g/mol. The van der Waals surface area contributed by atoms with E-state index in [0.717, 1.165) is 4.90 Å². The van der Waals surface area contributed by atoms with E-state index < -0.39 is 42.1 Å². The lowest BCUT2D eigenvalue weighted by atomic mass is 9.84. The van der Waals surface area contributed by atoms with E-state index in [2.05, 4.69) is 5.32 Å². The molecule has 0 bridgehead atoms. The van der Waals surface area contributed by atoms with E-state index in [1.165, 1.54) is 0 Å². The van der Waals surface area contributed by atoms with E-state index in [9.17, 15) is 19.2 Å². The van der Waals surface area contributed by atoms with Gasteiger partial charge in [0.25, 0.3) is 5.91 Å². The van der Waals surface area contributed by atoms with Crippen LogP contribution in [0.15, 0.2) is 24.3 Å². The molecule has 2 fully saturated rings. The number of rotatable bonds is 3. The van der Waals surface area contributed by atoms with Gasteiger partial charge in [-0.15, -0.1) is 0 Å². The number of esters is 2. The Morgan fingerprint density at radius 3 is 2.81 bits per heavy atom. The number of hydrogen-bond acceptors (Lipinski definition) is 7. The van der Waals surface area contributed by atoms with Crippen LogP contribution in [0.5, 0.6) is 5.75 Å².